The van der Waals surface area contributed by atoms with Crippen molar-refractivity contribution in [2.75, 3.05) is 6.61 Å². The number of hydrogen-bond acceptors (Lipinski definition) is 2. The molecule has 1 aromatic rings. The van der Waals surface area contributed by atoms with Gasteiger partial charge in [-0.15, -0.1) is 6.42 Å². The van der Waals surface area contributed by atoms with Crippen LogP contribution in [0.4, 0.5) is 0 Å². The first-order valence-electron chi connectivity index (χ1n) is 3.08. The van der Waals surface area contributed by atoms with E-state index in [1.165, 1.54) is 12.4 Å². The fourth-order valence-electron chi connectivity index (χ4n) is 0.620. The Morgan fingerprint density at radius 1 is 1.55 bits per heavy atom. The van der Waals surface area contributed by atoms with Gasteiger partial charge in [-0.1, -0.05) is 5.92 Å². The summed E-state index contributed by atoms with van der Waals surface area (Å²) in [6.45, 7) is 0.225. The molecule has 0 saturated heterocycles. The van der Waals surface area contributed by atoms with Crippen molar-refractivity contribution in [3.05, 3.63) is 29.7 Å². The van der Waals surface area contributed by atoms with E-state index in [1.54, 1.807) is 12.1 Å². The highest BCUT2D eigenvalue weighted by Crippen LogP contribution is 2.04. The summed E-state index contributed by atoms with van der Waals surface area (Å²) in [5.74, 6) is 2.93. The smallest absolute Gasteiger partial charge is 0.184 e. The lowest BCUT2D eigenvalue weighted by molar-refractivity contribution is -0.605. The third-order valence-corrected chi connectivity index (χ3v) is 1.09. The van der Waals surface area contributed by atoms with Gasteiger partial charge in [0.15, 0.2) is 12.4 Å². The molecule has 0 N–H and O–H groups in total. The number of nitrogens with zero attached hydrogens (tertiary/aromatic N) is 1. The van der Waals surface area contributed by atoms with Gasteiger partial charge in [-0.25, -0.2) is 0 Å². The number of ether oxygens (including phenoxy) is 1. The third-order valence-electron chi connectivity index (χ3n) is 1.09. The van der Waals surface area contributed by atoms with Crippen LogP contribution in [-0.4, -0.2) is 6.61 Å². The van der Waals surface area contributed by atoms with E-state index in [2.05, 4.69) is 5.92 Å². The maximum absolute atomic E-state index is 10.5. The third kappa shape index (κ3) is 2.18. The van der Waals surface area contributed by atoms with Gasteiger partial charge in [-0.05, 0) is 0 Å². The molecule has 11 heavy (non-hydrogen) atoms. The number of hydrogen-bond donors (Lipinski definition) is 0. The first-order valence-corrected chi connectivity index (χ1v) is 3.08. The van der Waals surface area contributed by atoms with Gasteiger partial charge in [0, 0.05) is 12.1 Å². The molecule has 0 aromatic carbocycles. The fraction of sp³-hybridized carbons (Fsp3) is 0.125. The lowest BCUT2D eigenvalue weighted by atomic mass is 10.4. The molecule has 0 unspecified atom stereocenters. The predicted molar refractivity (Wildman–Crippen MR) is 39.7 cm³/mol. The second-order valence-corrected chi connectivity index (χ2v) is 1.89. The van der Waals surface area contributed by atoms with Gasteiger partial charge in [0.2, 0.25) is 0 Å². The Labute approximate surface area is 64.8 Å². The largest absolute Gasteiger partial charge is 0.619 e. The van der Waals surface area contributed by atoms with E-state index < -0.39 is 0 Å². The van der Waals surface area contributed by atoms with Gasteiger partial charge in [-0.2, -0.15) is 4.73 Å². The Balaban J connectivity index is 2.60. The summed E-state index contributed by atoms with van der Waals surface area (Å²) in [5.41, 5.74) is 0. The standard InChI is InChI=1S/C8H7NO2/c1-2-7-11-8-3-5-9(10)6-4-8/h1,3-6H,7H2. The maximum Gasteiger partial charge on any atom is 0.184 e. The predicted octanol–water partition coefficient (Wildman–Crippen LogP) is 0.332. The molecule has 56 valence electrons. The molecule has 1 heterocycles. The molecule has 1 rings (SSSR count). The van der Waals surface area contributed by atoms with Crippen LogP contribution in [0, 0.1) is 17.6 Å². The van der Waals surface area contributed by atoms with Gasteiger partial charge in [0.05, 0.1) is 0 Å². The zero-order chi connectivity index (χ0) is 8.10. The first kappa shape index (κ1) is 7.42. The summed E-state index contributed by atoms with van der Waals surface area (Å²) in [6, 6.07) is 3.12. The first-order chi connectivity index (χ1) is 5.33. The average Bonchev–Trinajstić information content (AvgIpc) is 2.04. The van der Waals surface area contributed by atoms with Crippen molar-refractivity contribution in [1.29, 1.82) is 0 Å². The summed E-state index contributed by atoms with van der Waals surface area (Å²) in [4.78, 5) is 0. The molecule has 3 heteroatoms. The Kier molecular flexibility index (Phi) is 2.34. The molecule has 0 aliphatic carbocycles. The van der Waals surface area contributed by atoms with Crippen molar-refractivity contribution in [3.8, 4) is 18.1 Å². The second kappa shape index (κ2) is 3.47. The van der Waals surface area contributed by atoms with Crippen LogP contribution < -0.4 is 9.47 Å². The highest BCUT2D eigenvalue weighted by Gasteiger charge is 1.92. The minimum atomic E-state index is 0.225. The van der Waals surface area contributed by atoms with Crippen molar-refractivity contribution in [2.45, 2.75) is 0 Å². The Morgan fingerprint density at radius 3 is 2.73 bits per heavy atom. The van der Waals surface area contributed by atoms with Crippen molar-refractivity contribution < 1.29 is 9.47 Å². The van der Waals surface area contributed by atoms with Gasteiger partial charge in [-0.3, -0.25) is 0 Å². The normalized spacial score (nSPS) is 8.64. The van der Waals surface area contributed by atoms with Crippen molar-refractivity contribution in [2.24, 2.45) is 0 Å². The van der Waals surface area contributed by atoms with Crippen molar-refractivity contribution in [1.82, 2.24) is 0 Å². The molecule has 0 radical (unpaired) electrons. The number of rotatable bonds is 2. The van der Waals surface area contributed by atoms with E-state index in [-0.39, 0.29) is 6.61 Å². The molecule has 0 spiro atoms. The van der Waals surface area contributed by atoms with Crippen molar-refractivity contribution >= 4 is 0 Å². The molecule has 1 aromatic heterocycles. The molecular formula is C8H7NO2. The maximum atomic E-state index is 10.5. The van der Waals surface area contributed by atoms with Gasteiger partial charge in [0.25, 0.3) is 0 Å². The Bertz CT molecular complexity index is 260. The van der Waals surface area contributed by atoms with E-state index in [1.807, 2.05) is 0 Å². The van der Waals surface area contributed by atoms with Crippen LogP contribution in [0.15, 0.2) is 24.5 Å². The number of terminal acetylenes is 1. The van der Waals surface area contributed by atoms with Crippen LogP contribution in [0.1, 0.15) is 0 Å². The topological polar surface area (TPSA) is 36.2 Å². The lowest BCUT2D eigenvalue weighted by Crippen LogP contribution is -2.23. The molecule has 0 atom stereocenters. The summed E-state index contributed by atoms with van der Waals surface area (Å²) in [7, 11) is 0. The Hall–Kier alpha value is -1.69. The van der Waals surface area contributed by atoms with Crippen molar-refractivity contribution in [3.63, 3.8) is 0 Å². The molecule has 3 nitrogen and oxygen atoms in total. The molecule has 0 saturated carbocycles. The zero-order valence-electron chi connectivity index (χ0n) is 5.86. The summed E-state index contributed by atoms with van der Waals surface area (Å²) in [6.07, 6.45) is 7.67. The van der Waals surface area contributed by atoms with Crippen LogP contribution in [0.5, 0.6) is 5.75 Å². The minimum absolute atomic E-state index is 0.225. The SMILES string of the molecule is C#CCOc1cc[n+]([O-])cc1. The fourth-order valence-corrected chi connectivity index (χ4v) is 0.620. The molecule has 0 aliphatic rings. The van der Waals surface area contributed by atoms with Crippen LogP contribution in [-0.2, 0) is 0 Å². The lowest BCUT2D eigenvalue weighted by Gasteiger charge is -1.99. The summed E-state index contributed by atoms with van der Waals surface area (Å²) in [5, 5.41) is 10.5. The van der Waals surface area contributed by atoms with Crippen LogP contribution in [0.25, 0.3) is 0 Å². The molecule has 0 fully saturated rings. The second-order valence-electron chi connectivity index (χ2n) is 1.89. The van der Waals surface area contributed by atoms with Gasteiger partial charge < -0.3 is 9.94 Å². The van der Waals surface area contributed by atoms with E-state index in [0.29, 0.717) is 10.5 Å². The number of aromatic nitrogens is 1. The van der Waals surface area contributed by atoms with Crippen LogP contribution >= 0.6 is 0 Å². The quantitative estimate of drug-likeness (QED) is 0.345. The molecule has 0 aliphatic heterocycles. The van der Waals surface area contributed by atoms with E-state index in [4.69, 9.17) is 11.2 Å². The molecule has 0 bridgehead atoms. The van der Waals surface area contributed by atoms with Gasteiger partial charge >= 0.3 is 0 Å². The van der Waals surface area contributed by atoms with Gasteiger partial charge in [0.1, 0.15) is 12.4 Å². The van der Waals surface area contributed by atoms with Crippen LogP contribution in [0.2, 0.25) is 0 Å². The minimum Gasteiger partial charge on any atom is -0.619 e. The molecule has 0 amide bonds. The molecular weight excluding hydrogens is 142 g/mol. The average molecular weight is 149 g/mol. The van der Waals surface area contributed by atoms with Crippen LogP contribution in [0.3, 0.4) is 0 Å². The zero-order valence-corrected chi connectivity index (χ0v) is 5.86. The number of pyridine rings is 1. The van der Waals surface area contributed by atoms with E-state index >= 15 is 0 Å². The monoisotopic (exact) mass is 149 g/mol. The van der Waals surface area contributed by atoms with E-state index in [9.17, 15) is 5.21 Å². The highest BCUT2D eigenvalue weighted by atomic mass is 16.5. The summed E-state index contributed by atoms with van der Waals surface area (Å²) < 4.78 is 5.71. The van der Waals surface area contributed by atoms with E-state index in [0.717, 1.165) is 0 Å². The summed E-state index contributed by atoms with van der Waals surface area (Å²) >= 11 is 0. The Morgan fingerprint density at radius 2 is 2.18 bits per heavy atom. The highest BCUT2D eigenvalue weighted by molar-refractivity contribution is 5.15.